The number of anilines is 1. The van der Waals surface area contributed by atoms with E-state index in [1.807, 2.05) is 30.3 Å². The van der Waals surface area contributed by atoms with E-state index in [1.54, 1.807) is 23.9 Å². The SMILES string of the molecule is COc1ccc(-c2cc3c4nn(CC(=O)Nc5ccccc5F)c(=O)n4ccn3n2)cc1. The fourth-order valence-electron chi connectivity index (χ4n) is 3.43. The van der Waals surface area contributed by atoms with E-state index >= 15 is 0 Å². The van der Waals surface area contributed by atoms with Crippen LogP contribution in [-0.2, 0) is 11.3 Å². The second kappa shape index (κ2) is 7.65. The van der Waals surface area contributed by atoms with Crippen molar-refractivity contribution >= 4 is 22.8 Å². The lowest BCUT2D eigenvalue weighted by molar-refractivity contribution is -0.117. The van der Waals surface area contributed by atoms with Crippen LogP contribution in [0.15, 0.2) is 71.8 Å². The number of hydrogen-bond acceptors (Lipinski definition) is 5. The maximum atomic E-state index is 13.8. The van der Waals surface area contributed by atoms with Crippen LogP contribution in [0.3, 0.4) is 0 Å². The highest BCUT2D eigenvalue weighted by atomic mass is 19.1. The molecule has 0 aliphatic rings. The summed E-state index contributed by atoms with van der Waals surface area (Å²) in [6.45, 7) is -0.361. The number of nitrogens with zero attached hydrogens (tertiary/aromatic N) is 5. The van der Waals surface area contributed by atoms with Gasteiger partial charge in [-0.15, -0.1) is 5.10 Å². The van der Waals surface area contributed by atoms with E-state index < -0.39 is 17.4 Å². The minimum absolute atomic E-state index is 0.0385. The number of aromatic nitrogens is 5. The van der Waals surface area contributed by atoms with Crippen molar-refractivity contribution in [2.45, 2.75) is 6.54 Å². The summed E-state index contributed by atoms with van der Waals surface area (Å²) < 4.78 is 22.9. The Morgan fingerprint density at radius 3 is 2.62 bits per heavy atom. The molecule has 1 N–H and O–H groups in total. The molecule has 0 bridgehead atoms. The maximum absolute atomic E-state index is 13.8. The molecule has 0 spiro atoms. The number of ether oxygens (including phenoxy) is 1. The lowest BCUT2D eigenvalue weighted by atomic mass is 10.1. The molecule has 0 saturated heterocycles. The zero-order valence-electron chi connectivity index (χ0n) is 16.9. The van der Waals surface area contributed by atoms with Crippen molar-refractivity contribution in [1.82, 2.24) is 23.8 Å². The number of nitrogens with one attached hydrogen (secondary N) is 1. The van der Waals surface area contributed by atoms with Crippen LogP contribution < -0.4 is 15.7 Å². The number of carbonyl (C=O) groups is 1. The van der Waals surface area contributed by atoms with Crippen LogP contribution in [-0.4, -0.2) is 36.8 Å². The van der Waals surface area contributed by atoms with E-state index in [0.717, 1.165) is 16.0 Å². The molecule has 10 heteroatoms. The van der Waals surface area contributed by atoms with Crippen molar-refractivity contribution in [3.63, 3.8) is 0 Å². The third-order valence-corrected chi connectivity index (χ3v) is 5.02. The van der Waals surface area contributed by atoms with Gasteiger partial charge in [0.2, 0.25) is 5.91 Å². The molecule has 2 aromatic carbocycles. The van der Waals surface area contributed by atoms with Crippen LogP contribution in [0.25, 0.3) is 22.4 Å². The lowest BCUT2D eigenvalue weighted by Gasteiger charge is -2.05. The predicted molar refractivity (Wildman–Crippen MR) is 115 cm³/mol. The molecule has 0 aliphatic carbocycles. The Labute approximate surface area is 180 Å². The molecular weight excluding hydrogens is 415 g/mol. The second-order valence-corrected chi connectivity index (χ2v) is 7.05. The first-order valence-corrected chi connectivity index (χ1v) is 9.70. The minimum Gasteiger partial charge on any atom is -0.497 e. The van der Waals surface area contributed by atoms with Gasteiger partial charge in [0.1, 0.15) is 23.6 Å². The third-order valence-electron chi connectivity index (χ3n) is 5.02. The number of halogens is 1. The first kappa shape index (κ1) is 19.5. The largest absolute Gasteiger partial charge is 0.497 e. The molecule has 3 aromatic heterocycles. The number of benzene rings is 2. The molecule has 5 rings (SSSR count). The van der Waals surface area contributed by atoms with Gasteiger partial charge in [0.05, 0.1) is 18.5 Å². The van der Waals surface area contributed by atoms with Crippen molar-refractivity contribution in [2.75, 3.05) is 12.4 Å². The van der Waals surface area contributed by atoms with E-state index in [9.17, 15) is 14.0 Å². The molecule has 0 unspecified atom stereocenters. The second-order valence-electron chi connectivity index (χ2n) is 7.05. The zero-order chi connectivity index (χ0) is 22.2. The summed E-state index contributed by atoms with van der Waals surface area (Å²) in [6.07, 6.45) is 3.18. The summed E-state index contributed by atoms with van der Waals surface area (Å²) in [5, 5.41) is 11.3. The van der Waals surface area contributed by atoms with Gasteiger partial charge < -0.3 is 10.1 Å². The van der Waals surface area contributed by atoms with Gasteiger partial charge in [0, 0.05) is 18.0 Å². The molecule has 9 nitrogen and oxygen atoms in total. The Balaban J connectivity index is 1.49. The Morgan fingerprint density at radius 2 is 1.88 bits per heavy atom. The molecule has 0 atom stereocenters. The van der Waals surface area contributed by atoms with Crippen LogP contribution >= 0.6 is 0 Å². The van der Waals surface area contributed by atoms with Gasteiger partial charge in [-0.1, -0.05) is 12.1 Å². The number of amides is 1. The Kier molecular flexibility index (Phi) is 4.66. The smallest absolute Gasteiger partial charge is 0.350 e. The molecule has 1 amide bonds. The molecule has 3 heterocycles. The van der Waals surface area contributed by atoms with Crippen LogP contribution in [0.2, 0.25) is 0 Å². The Morgan fingerprint density at radius 1 is 1.09 bits per heavy atom. The topological polar surface area (TPSA) is 94.9 Å². The van der Waals surface area contributed by atoms with Crippen LogP contribution in [0, 0.1) is 5.82 Å². The van der Waals surface area contributed by atoms with Gasteiger partial charge in [-0.2, -0.15) is 5.10 Å². The van der Waals surface area contributed by atoms with Gasteiger partial charge in [0.15, 0.2) is 5.65 Å². The molecular formula is C22H17FN6O3. The quantitative estimate of drug-likeness (QED) is 0.461. The fourth-order valence-corrected chi connectivity index (χ4v) is 3.43. The fraction of sp³-hybridized carbons (Fsp3) is 0.0909. The minimum atomic E-state index is -0.566. The highest BCUT2D eigenvalue weighted by Crippen LogP contribution is 2.23. The highest BCUT2D eigenvalue weighted by molar-refractivity contribution is 5.90. The van der Waals surface area contributed by atoms with E-state index in [4.69, 9.17) is 4.74 Å². The van der Waals surface area contributed by atoms with E-state index in [2.05, 4.69) is 15.5 Å². The summed E-state index contributed by atoms with van der Waals surface area (Å²) in [6, 6.07) is 15.1. The molecule has 0 fully saturated rings. The van der Waals surface area contributed by atoms with E-state index in [1.165, 1.54) is 28.8 Å². The van der Waals surface area contributed by atoms with Crippen LogP contribution in [0.1, 0.15) is 0 Å². The number of rotatable bonds is 5. The number of carbonyl (C=O) groups excluding carboxylic acids is 1. The highest BCUT2D eigenvalue weighted by Gasteiger charge is 2.16. The summed E-state index contributed by atoms with van der Waals surface area (Å²) in [5.74, 6) is -0.391. The maximum Gasteiger partial charge on any atom is 0.350 e. The van der Waals surface area contributed by atoms with Crippen LogP contribution in [0.4, 0.5) is 10.1 Å². The van der Waals surface area contributed by atoms with E-state index in [-0.39, 0.29) is 12.2 Å². The zero-order valence-corrected chi connectivity index (χ0v) is 16.9. The normalized spacial score (nSPS) is 11.2. The molecule has 0 aliphatic heterocycles. The predicted octanol–water partition coefficient (Wildman–Crippen LogP) is 2.60. The molecule has 0 saturated carbocycles. The Bertz CT molecular complexity index is 1520. The first-order chi connectivity index (χ1) is 15.5. The molecule has 0 radical (unpaired) electrons. The number of fused-ring (bicyclic) bond motifs is 3. The standard InChI is InChI=1S/C22H17FN6O3/c1-32-15-8-6-14(7-9-15)18-12-19-21-26-29(22(31)27(21)10-11-28(19)25-18)13-20(30)24-17-5-3-2-4-16(17)23/h2-12H,13H2,1H3,(H,24,30). The molecule has 160 valence electrons. The number of hydrogen-bond donors (Lipinski definition) is 1. The average molecular weight is 432 g/mol. The van der Waals surface area contributed by atoms with Crippen molar-refractivity contribution in [2.24, 2.45) is 0 Å². The van der Waals surface area contributed by atoms with Gasteiger partial charge in [-0.05, 0) is 42.5 Å². The monoisotopic (exact) mass is 432 g/mol. The summed E-state index contributed by atoms with van der Waals surface area (Å²) in [4.78, 5) is 25.1. The summed E-state index contributed by atoms with van der Waals surface area (Å²) >= 11 is 0. The summed E-state index contributed by atoms with van der Waals surface area (Å²) in [7, 11) is 1.60. The van der Waals surface area contributed by atoms with Gasteiger partial charge in [0.25, 0.3) is 0 Å². The third kappa shape index (κ3) is 3.37. The number of para-hydroxylation sites is 1. The first-order valence-electron chi connectivity index (χ1n) is 9.70. The average Bonchev–Trinajstić information content (AvgIpc) is 3.37. The van der Waals surface area contributed by atoms with Crippen molar-refractivity contribution in [1.29, 1.82) is 0 Å². The Hall–Kier alpha value is -4.47. The van der Waals surface area contributed by atoms with E-state index in [0.29, 0.717) is 16.9 Å². The van der Waals surface area contributed by atoms with Crippen molar-refractivity contribution < 1.29 is 13.9 Å². The van der Waals surface area contributed by atoms with Gasteiger partial charge >= 0.3 is 5.69 Å². The lowest BCUT2D eigenvalue weighted by Crippen LogP contribution is -2.28. The van der Waals surface area contributed by atoms with Crippen LogP contribution in [0.5, 0.6) is 5.75 Å². The number of methoxy groups -OCH3 is 1. The summed E-state index contributed by atoms with van der Waals surface area (Å²) in [5.41, 5.74) is 2.07. The van der Waals surface area contributed by atoms with Gasteiger partial charge in [-0.25, -0.2) is 22.8 Å². The van der Waals surface area contributed by atoms with Crippen molar-refractivity contribution in [3.8, 4) is 17.0 Å². The molecule has 5 aromatic rings. The molecule has 32 heavy (non-hydrogen) atoms. The van der Waals surface area contributed by atoms with Gasteiger partial charge in [-0.3, -0.25) is 4.79 Å². The van der Waals surface area contributed by atoms with Crippen molar-refractivity contribution in [3.05, 3.63) is 83.3 Å².